The van der Waals surface area contributed by atoms with Crippen molar-refractivity contribution in [2.45, 2.75) is 58.5 Å². The van der Waals surface area contributed by atoms with Gasteiger partial charge >= 0.3 is 5.97 Å². The highest BCUT2D eigenvalue weighted by Crippen LogP contribution is 2.54. The summed E-state index contributed by atoms with van der Waals surface area (Å²) in [4.78, 5) is 12.1. The van der Waals surface area contributed by atoms with Crippen molar-refractivity contribution in [3.8, 4) is 0 Å². The van der Waals surface area contributed by atoms with Crippen LogP contribution in [0.3, 0.4) is 0 Å². The molecule has 0 aromatic rings. The lowest BCUT2D eigenvalue weighted by Crippen LogP contribution is -2.36. The van der Waals surface area contributed by atoms with Gasteiger partial charge < -0.3 is 4.74 Å². The van der Waals surface area contributed by atoms with Gasteiger partial charge in [0.15, 0.2) is 0 Å². The summed E-state index contributed by atoms with van der Waals surface area (Å²) in [5.41, 5.74) is -0.516. The summed E-state index contributed by atoms with van der Waals surface area (Å²) in [7, 11) is 0. The van der Waals surface area contributed by atoms with Crippen molar-refractivity contribution >= 4 is 5.97 Å². The Labute approximate surface area is 92.4 Å². The summed E-state index contributed by atoms with van der Waals surface area (Å²) in [5.74, 6) is 0.775. The molecule has 2 bridgehead atoms. The lowest BCUT2D eigenvalue weighted by Gasteiger charge is -2.30. The van der Waals surface area contributed by atoms with Gasteiger partial charge in [0, 0.05) is 0 Å². The standard InChI is InChI=1S/C13H21O2/c1-4-12(2,3)15-11(14)13-7-5-10(9-13)6-8-13/h7,10H,4-6,8-9H2,1-3H3. The molecule has 1 radical (unpaired) electrons. The fourth-order valence-electron chi connectivity index (χ4n) is 2.65. The predicted molar refractivity (Wildman–Crippen MR) is 59.2 cm³/mol. The Balaban J connectivity index is 2.02. The van der Waals surface area contributed by atoms with Crippen molar-refractivity contribution < 1.29 is 9.53 Å². The van der Waals surface area contributed by atoms with Crippen molar-refractivity contribution in [2.75, 3.05) is 0 Å². The molecular formula is C13H21O2. The molecule has 0 amide bonds. The van der Waals surface area contributed by atoms with Crippen molar-refractivity contribution in [1.82, 2.24) is 0 Å². The molecule has 2 nitrogen and oxygen atoms in total. The lowest BCUT2D eigenvalue weighted by atomic mass is 9.84. The van der Waals surface area contributed by atoms with Gasteiger partial charge in [0.1, 0.15) is 5.60 Å². The van der Waals surface area contributed by atoms with Crippen LogP contribution in [0.1, 0.15) is 52.9 Å². The minimum absolute atomic E-state index is 0.0225. The van der Waals surface area contributed by atoms with Gasteiger partial charge in [-0.3, -0.25) is 4.79 Å². The van der Waals surface area contributed by atoms with Gasteiger partial charge in [-0.2, -0.15) is 0 Å². The minimum atomic E-state index is -0.305. The number of carbonyl (C=O) groups is 1. The largest absolute Gasteiger partial charge is 0.459 e. The van der Waals surface area contributed by atoms with Crippen molar-refractivity contribution in [3.63, 3.8) is 0 Å². The maximum atomic E-state index is 12.1. The summed E-state index contributed by atoms with van der Waals surface area (Å²) in [6, 6.07) is 0. The van der Waals surface area contributed by atoms with E-state index in [1.54, 1.807) is 0 Å². The number of carbonyl (C=O) groups excluding carboxylic acids is 1. The summed E-state index contributed by atoms with van der Waals surface area (Å²) in [6.07, 6.45) is 7.44. The fourth-order valence-corrected chi connectivity index (χ4v) is 2.65. The second-order valence-corrected chi connectivity index (χ2v) is 5.71. The zero-order valence-corrected chi connectivity index (χ0v) is 10.0. The Kier molecular flexibility index (Phi) is 2.56. The molecule has 2 rings (SSSR count). The molecular weight excluding hydrogens is 188 g/mol. The lowest BCUT2D eigenvalue weighted by molar-refractivity contribution is -0.166. The van der Waals surface area contributed by atoms with Crippen LogP contribution in [0, 0.1) is 17.8 Å². The van der Waals surface area contributed by atoms with Crippen LogP contribution < -0.4 is 0 Å². The zero-order chi connectivity index (χ0) is 11.1. The van der Waals surface area contributed by atoms with Gasteiger partial charge in [0.25, 0.3) is 0 Å². The van der Waals surface area contributed by atoms with Crippen molar-refractivity contribution in [2.24, 2.45) is 11.3 Å². The molecule has 0 saturated heterocycles. The Morgan fingerprint density at radius 1 is 1.60 bits per heavy atom. The molecule has 2 fully saturated rings. The third kappa shape index (κ3) is 1.91. The molecule has 2 aliphatic rings. The van der Waals surface area contributed by atoms with E-state index in [2.05, 4.69) is 13.3 Å². The highest BCUT2D eigenvalue weighted by atomic mass is 16.6. The van der Waals surface area contributed by atoms with Crippen LogP contribution in [0.15, 0.2) is 0 Å². The quantitative estimate of drug-likeness (QED) is 0.668. The molecule has 85 valence electrons. The van der Waals surface area contributed by atoms with Crippen LogP contribution in [0.2, 0.25) is 0 Å². The van der Waals surface area contributed by atoms with E-state index in [1.165, 1.54) is 6.42 Å². The molecule has 0 aliphatic heterocycles. The van der Waals surface area contributed by atoms with Crippen LogP contribution in [-0.2, 0) is 9.53 Å². The van der Waals surface area contributed by atoms with Crippen LogP contribution in [0.25, 0.3) is 0 Å². The molecule has 2 aliphatic carbocycles. The van der Waals surface area contributed by atoms with E-state index in [9.17, 15) is 4.79 Å². The van der Waals surface area contributed by atoms with Gasteiger partial charge in [0.05, 0.1) is 5.41 Å². The van der Waals surface area contributed by atoms with E-state index in [0.717, 1.165) is 31.6 Å². The smallest absolute Gasteiger partial charge is 0.312 e. The normalized spacial score (nSPS) is 34.5. The molecule has 15 heavy (non-hydrogen) atoms. The summed E-state index contributed by atoms with van der Waals surface area (Å²) in [5, 5.41) is 0. The fraction of sp³-hybridized carbons (Fsp3) is 0.846. The first kappa shape index (κ1) is 11.0. The molecule has 2 unspecified atom stereocenters. The number of hydrogen-bond acceptors (Lipinski definition) is 2. The molecule has 0 N–H and O–H groups in total. The predicted octanol–water partition coefficient (Wildman–Crippen LogP) is 3.11. The Bertz CT molecular complexity index is 260. The molecule has 0 aromatic carbocycles. The first-order chi connectivity index (χ1) is 6.97. The second-order valence-electron chi connectivity index (χ2n) is 5.71. The molecule has 2 heteroatoms. The minimum Gasteiger partial charge on any atom is -0.459 e. The monoisotopic (exact) mass is 209 g/mol. The summed E-state index contributed by atoms with van der Waals surface area (Å²) in [6.45, 7) is 6.03. The average molecular weight is 209 g/mol. The molecule has 0 heterocycles. The number of esters is 1. The number of ether oxygens (including phenoxy) is 1. The topological polar surface area (TPSA) is 26.3 Å². The summed E-state index contributed by atoms with van der Waals surface area (Å²) < 4.78 is 5.62. The maximum Gasteiger partial charge on any atom is 0.312 e. The maximum absolute atomic E-state index is 12.1. The highest BCUT2D eigenvalue weighted by molar-refractivity contribution is 5.80. The van der Waals surface area contributed by atoms with E-state index in [4.69, 9.17) is 4.74 Å². The second kappa shape index (κ2) is 3.50. The SMILES string of the molecule is CCC(C)(C)OC(=O)C12[CH]CC(CC1)C2. The van der Waals surface area contributed by atoms with Gasteiger partial charge in [-0.25, -0.2) is 0 Å². The van der Waals surface area contributed by atoms with E-state index in [0.29, 0.717) is 0 Å². The first-order valence-electron chi connectivity index (χ1n) is 6.05. The van der Waals surface area contributed by atoms with Gasteiger partial charge in [-0.05, 0) is 58.3 Å². The van der Waals surface area contributed by atoms with E-state index < -0.39 is 0 Å². The third-order valence-corrected chi connectivity index (χ3v) is 4.12. The Morgan fingerprint density at radius 2 is 2.33 bits per heavy atom. The van der Waals surface area contributed by atoms with Gasteiger partial charge in [-0.1, -0.05) is 6.92 Å². The van der Waals surface area contributed by atoms with Gasteiger partial charge in [-0.15, -0.1) is 0 Å². The number of hydrogen-bond donors (Lipinski definition) is 0. The molecule has 2 saturated carbocycles. The number of rotatable bonds is 3. The summed E-state index contributed by atoms with van der Waals surface area (Å²) >= 11 is 0. The average Bonchev–Trinajstić information content (AvgIpc) is 2.78. The van der Waals surface area contributed by atoms with Crippen LogP contribution in [0.4, 0.5) is 0 Å². The van der Waals surface area contributed by atoms with Crippen LogP contribution in [0.5, 0.6) is 0 Å². The van der Waals surface area contributed by atoms with E-state index in [-0.39, 0.29) is 17.0 Å². The molecule has 0 spiro atoms. The van der Waals surface area contributed by atoms with Crippen LogP contribution in [-0.4, -0.2) is 11.6 Å². The Hall–Kier alpha value is -0.530. The van der Waals surface area contributed by atoms with Crippen molar-refractivity contribution in [1.29, 1.82) is 0 Å². The van der Waals surface area contributed by atoms with Gasteiger partial charge in [0.2, 0.25) is 0 Å². The van der Waals surface area contributed by atoms with E-state index >= 15 is 0 Å². The molecule has 2 atom stereocenters. The number of fused-ring (bicyclic) bond motifs is 2. The van der Waals surface area contributed by atoms with Crippen molar-refractivity contribution in [3.05, 3.63) is 6.42 Å². The Morgan fingerprint density at radius 3 is 2.73 bits per heavy atom. The third-order valence-electron chi connectivity index (χ3n) is 4.12. The first-order valence-corrected chi connectivity index (χ1v) is 6.05. The molecule has 0 aromatic heterocycles. The van der Waals surface area contributed by atoms with E-state index in [1.807, 2.05) is 13.8 Å². The highest BCUT2D eigenvalue weighted by Gasteiger charge is 2.52. The van der Waals surface area contributed by atoms with Crippen LogP contribution >= 0.6 is 0 Å². The zero-order valence-electron chi connectivity index (χ0n) is 10.0.